The summed E-state index contributed by atoms with van der Waals surface area (Å²) in [5, 5.41) is 11.6. The van der Waals surface area contributed by atoms with E-state index in [9.17, 15) is 4.79 Å². The number of carbonyl (C=O) groups excluding carboxylic acids is 1. The van der Waals surface area contributed by atoms with E-state index >= 15 is 0 Å². The van der Waals surface area contributed by atoms with Crippen molar-refractivity contribution >= 4 is 17.7 Å². The molecule has 0 saturated carbocycles. The molecule has 0 aliphatic rings. The molecule has 1 aromatic carbocycles. The van der Waals surface area contributed by atoms with Gasteiger partial charge in [-0.3, -0.25) is 4.79 Å². The molecular formula is C15H19NO2S. The van der Waals surface area contributed by atoms with Gasteiger partial charge in [0.25, 0.3) is 5.91 Å². The number of aliphatic hydroxyl groups is 1. The lowest BCUT2D eigenvalue weighted by Crippen LogP contribution is -2.29. The Morgan fingerprint density at radius 2 is 2.32 bits per heavy atom. The van der Waals surface area contributed by atoms with Gasteiger partial charge in [-0.25, -0.2) is 0 Å². The van der Waals surface area contributed by atoms with Crippen molar-refractivity contribution in [1.82, 2.24) is 5.32 Å². The third kappa shape index (κ3) is 5.82. The lowest BCUT2D eigenvalue weighted by Gasteiger charge is -2.11. The number of amides is 1. The maximum atomic E-state index is 12.0. The number of hydrogen-bond donors (Lipinski definition) is 2. The average molecular weight is 277 g/mol. The van der Waals surface area contributed by atoms with E-state index in [-0.39, 0.29) is 12.5 Å². The Morgan fingerprint density at radius 1 is 1.53 bits per heavy atom. The molecule has 0 saturated heterocycles. The van der Waals surface area contributed by atoms with E-state index in [1.165, 1.54) is 0 Å². The molecule has 0 aliphatic carbocycles. The smallest absolute Gasteiger partial charge is 0.251 e. The molecule has 19 heavy (non-hydrogen) atoms. The first-order valence-corrected chi connectivity index (χ1v) is 7.53. The first kappa shape index (κ1) is 15.6. The van der Waals surface area contributed by atoms with E-state index in [2.05, 4.69) is 30.3 Å². The number of hydrogen-bond acceptors (Lipinski definition) is 3. The van der Waals surface area contributed by atoms with Crippen LogP contribution in [0.1, 0.15) is 22.8 Å². The summed E-state index contributed by atoms with van der Waals surface area (Å²) in [4.78, 5) is 12.0. The topological polar surface area (TPSA) is 49.3 Å². The molecule has 102 valence electrons. The second-order valence-electron chi connectivity index (χ2n) is 4.31. The van der Waals surface area contributed by atoms with Gasteiger partial charge in [-0.15, -0.1) is 0 Å². The zero-order valence-corrected chi connectivity index (χ0v) is 12.1. The predicted octanol–water partition coefficient (Wildman–Crippen LogP) is 1.76. The molecule has 2 N–H and O–H groups in total. The van der Waals surface area contributed by atoms with Crippen LogP contribution in [0.4, 0.5) is 0 Å². The van der Waals surface area contributed by atoms with Gasteiger partial charge in [0.05, 0.1) is 0 Å². The molecule has 0 aliphatic heterocycles. The average Bonchev–Trinajstić information content (AvgIpc) is 2.43. The first-order chi connectivity index (χ1) is 9.17. The molecule has 0 heterocycles. The van der Waals surface area contributed by atoms with Crippen molar-refractivity contribution in [1.29, 1.82) is 0 Å². The van der Waals surface area contributed by atoms with E-state index in [1.54, 1.807) is 30.0 Å². The van der Waals surface area contributed by atoms with Gasteiger partial charge < -0.3 is 10.4 Å². The highest BCUT2D eigenvalue weighted by molar-refractivity contribution is 7.98. The van der Waals surface area contributed by atoms with Gasteiger partial charge in [0, 0.05) is 17.7 Å². The number of nitrogens with one attached hydrogen (secondary N) is 1. The van der Waals surface area contributed by atoms with Gasteiger partial charge >= 0.3 is 0 Å². The van der Waals surface area contributed by atoms with Gasteiger partial charge in [0.2, 0.25) is 0 Å². The zero-order valence-electron chi connectivity index (χ0n) is 11.3. The van der Waals surface area contributed by atoms with Crippen LogP contribution in [0.25, 0.3) is 0 Å². The molecule has 1 atom stereocenters. The minimum absolute atomic E-state index is 0.0828. The van der Waals surface area contributed by atoms with E-state index in [4.69, 9.17) is 5.11 Å². The minimum atomic E-state index is -0.178. The van der Waals surface area contributed by atoms with Crippen LogP contribution in [0, 0.1) is 17.8 Å². The van der Waals surface area contributed by atoms with E-state index < -0.39 is 0 Å². The third-order valence-electron chi connectivity index (χ3n) is 2.50. The first-order valence-electron chi connectivity index (χ1n) is 6.14. The molecule has 1 aromatic rings. The molecule has 0 bridgehead atoms. The van der Waals surface area contributed by atoms with Gasteiger partial charge in [0.1, 0.15) is 6.61 Å². The number of carbonyl (C=O) groups is 1. The number of rotatable bonds is 5. The fourth-order valence-corrected chi connectivity index (χ4v) is 2.28. The maximum absolute atomic E-state index is 12.0. The lowest BCUT2D eigenvalue weighted by atomic mass is 10.1. The highest BCUT2D eigenvalue weighted by Crippen LogP contribution is 2.06. The minimum Gasteiger partial charge on any atom is -0.384 e. The second-order valence-corrected chi connectivity index (χ2v) is 5.22. The van der Waals surface area contributed by atoms with Gasteiger partial charge in [-0.05, 0) is 36.1 Å². The van der Waals surface area contributed by atoms with Crippen LogP contribution < -0.4 is 5.32 Å². The monoisotopic (exact) mass is 277 g/mol. The summed E-state index contributed by atoms with van der Waals surface area (Å²) >= 11 is 1.78. The summed E-state index contributed by atoms with van der Waals surface area (Å²) in [6, 6.07) is 7.10. The summed E-state index contributed by atoms with van der Waals surface area (Å²) in [5.41, 5.74) is 1.33. The fraction of sp³-hybridized carbons (Fsp3) is 0.400. The van der Waals surface area contributed by atoms with Crippen molar-refractivity contribution in [2.75, 3.05) is 25.2 Å². The molecule has 1 unspecified atom stereocenters. The second kappa shape index (κ2) is 8.63. The summed E-state index contributed by atoms with van der Waals surface area (Å²) in [6.07, 6.45) is 2.06. The lowest BCUT2D eigenvalue weighted by molar-refractivity contribution is 0.0949. The molecule has 3 nitrogen and oxygen atoms in total. The van der Waals surface area contributed by atoms with E-state index in [0.29, 0.717) is 18.0 Å². The van der Waals surface area contributed by atoms with Gasteiger partial charge in [-0.1, -0.05) is 24.8 Å². The van der Waals surface area contributed by atoms with Crippen molar-refractivity contribution < 1.29 is 9.90 Å². The van der Waals surface area contributed by atoms with Crippen LogP contribution in [0.5, 0.6) is 0 Å². The van der Waals surface area contributed by atoms with Crippen molar-refractivity contribution in [2.45, 2.75) is 6.92 Å². The van der Waals surface area contributed by atoms with Crippen LogP contribution in [-0.2, 0) is 0 Å². The molecule has 0 spiro atoms. The Morgan fingerprint density at radius 3 is 3.00 bits per heavy atom. The highest BCUT2D eigenvalue weighted by atomic mass is 32.2. The SMILES string of the molecule is CSCC(C)CNC(=O)c1cccc(C#CCO)c1. The van der Waals surface area contributed by atoms with Crippen LogP contribution in [0.15, 0.2) is 24.3 Å². The van der Waals surface area contributed by atoms with Crippen molar-refractivity contribution in [3.05, 3.63) is 35.4 Å². The van der Waals surface area contributed by atoms with Crippen molar-refractivity contribution in [2.24, 2.45) is 5.92 Å². The summed E-state index contributed by atoms with van der Waals surface area (Å²) < 4.78 is 0. The predicted molar refractivity (Wildman–Crippen MR) is 80.3 cm³/mol. The third-order valence-corrected chi connectivity index (χ3v) is 3.40. The van der Waals surface area contributed by atoms with Crippen LogP contribution in [0.2, 0.25) is 0 Å². The number of aliphatic hydroxyl groups excluding tert-OH is 1. The largest absolute Gasteiger partial charge is 0.384 e. The Balaban J connectivity index is 2.61. The van der Waals surface area contributed by atoms with Gasteiger partial charge in [-0.2, -0.15) is 11.8 Å². The fourth-order valence-electron chi connectivity index (χ4n) is 1.59. The van der Waals surface area contributed by atoms with E-state index in [0.717, 1.165) is 11.3 Å². The summed E-state index contributed by atoms with van der Waals surface area (Å²) in [6.45, 7) is 2.61. The summed E-state index contributed by atoms with van der Waals surface area (Å²) in [5.74, 6) is 6.76. The Labute approximate surface area is 118 Å². The molecule has 4 heteroatoms. The van der Waals surface area contributed by atoms with E-state index in [1.807, 2.05) is 6.07 Å². The molecule has 1 rings (SSSR count). The normalized spacial score (nSPS) is 11.3. The molecule has 0 radical (unpaired) electrons. The molecular weight excluding hydrogens is 258 g/mol. The van der Waals surface area contributed by atoms with Crippen molar-refractivity contribution in [3.63, 3.8) is 0 Å². The van der Waals surface area contributed by atoms with Crippen LogP contribution in [0.3, 0.4) is 0 Å². The highest BCUT2D eigenvalue weighted by Gasteiger charge is 2.07. The maximum Gasteiger partial charge on any atom is 0.251 e. The van der Waals surface area contributed by atoms with Gasteiger partial charge in [0.15, 0.2) is 0 Å². The number of benzene rings is 1. The Hall–Kier alpha value is -1.44. The number of thioether (sulfide) groups is 1. The molecule has 0 fully saturated rings. The quantitative estimate of drug-likeness (QED) is 0.806. The van der Waals surface area contributed by atoms with Crippen LogP contribution >= 0.6 is 11.8 Å². The Kier molecular flexibility index (Phi) is 7.09. The zero-order chi connectivity index (χ0) is 14.1. The standard InChI is InChI=1S/C15H19NO2S/c1-12(11-19-2)10-16-15(18)14-7-3-5-13(9-14)6-4-8-17/h3,5,7,9,12,17H,8,10-11H2,1-2H3,(H,16,18). The summed E-state index contributed by atoms with van der Waals surface area (Å²) in [7, 11) is 0. The van der Waals surface area contributed by atoms with Crippen LogP contribution in [-0.4, -0.2) is 36.2 Å². The molecule has 1 amide bonds. The Bertz CT molecular complexity index is 477. The molecule has 0 aromatic heterocycles. The van der Waals surface area contributed by atoms with Crippen molar-refractivity contribution in [3.8, 4) is 11.8 Å².